The Bertz CT molecular complexity index is 375. The van der Waals surface area contributed by atoms with Gasteiger partial charge in [-0.3, -0.25) is 9.63 Å². The number of hydroxylamine groups is 1. The molecule has 0 spiro atoms. The Morgan fingerprint density at radius 3 is 2.32 bits per heavy atom. The second kappa shape index (κ2) is 8.33. The zero-order valence-electron chi connectivity index (χ0n) is 11.6. The van der Waals surface area contributed by atoms with Crippen LogP contribution in [0.3, 0.4) is 0 Å². The van der Waals surface area contributed by atoms with Gasteiger partial charge in [0.15, 0.2) is 0 Å². The number of hydrogen-bond acceptors (Lipinski definition) is 2. The van der Waals surface area contributed by atoms with Gasteiger partial charge in [-0.15, -0.1) is 0 Å². The van der Waals surface area contributed by atoms with Gasteiger partial charge in [0.1, 0.15) is 4.32 Å². The van der Waals surface area contributed by atoms with Crippen LogP contribution in [-0.2, 0) is 16.2 Å². The molecule has 0 heterocycles. The topological polar surface area (TPSA) is 38.3 Å². The Labute approximate surface area is 123 Å². The number of carbonyl (C=O) groups is 1. The Kier molecular flexibility index (Phi) is 7.10. The molecule has 1 amide bonds. The summed E-state index contributed by atoms with van der Waals surface area (Å²) >= 11 is 3.57. The van der Waals surface area contributed by atoms with E-state index in [9.17, 15) is 4.79 Å². The van der Waals surface area contributed by atoms with Crippen molar-refractivity contribution >= 4 is 21.8 Å². The van der Waals surface area contributed by atoms with Crippen molar-refractivity contribution in [2.24, 2.45) is 0 Å². The Morgan fingerprint density at radius 1 is 1.21 bits per heavy atom. The van der Waals surface area contributed by atoms with Crippen molar-refractivity contribution in [2.45, 2.75) is 50.5 Å². The predicted octanol–water partition coefficient (Wildman–Crippen LogP) is 3.97. The summed E-state index contributed by atoms with van der Waals surface area (Å²) in [5, 5.41) is 0. The maximum atomic E-state index is 12.2. The average Bonchev–Trinajstić information content (AvgIpc) is 2.40. The van der Waals surface area contributed by atoms with Crippen LogP contribution in [0.5, 0.6) is 0 Å². The number of alkyl halides is 1. The van der Waals surface area contributed by atoms with Crippen LogP contribution in [0.4, 0.5) is 0 Å². The molecule has 106 valence electrons. The van der Waals surface area contributed by atoms with E-state index in [4.69, 9.17) is 4.84 Å². The van der Waals surface area contributed by atoms with Crippen LogP contribution in [0.25, 0.3) is 0 Å². The molecule has 0 aromatic heterocycles. The number of halogens is 1. The summed E-state index contributed by atoms with van der Waals surface area (Å²) in [7, 11) is 0. The lowest BCUT2D eigenvalue weighted by molar-refractivity contribution is -0.137. The lowest BCUT2D eigenvalue weighted by Crippen LogP contribution is -2.42. The minimum absolute atomic E-state index is 0.0906. The SMILES string of the molecule is CCCC(Br)(CCC)C(=O)NOCc1ccccc1. The summed E-state index contributed by atoms with van der Waals surface area (Å²) in [5.41, 5.74) is 3.59. The van der Waals surface area contributed by atoms with Crippen molar-refractivity contribution < 1.29 is 9.63 Å². The van der Waals surface area contributed by atoms with Gasteiger partial charge in [0, 0.05) is 0 Å². The van der Waals surface area contributed by atoms with Crippen molar-refractivity contribution in [3.63, 3.8) is 0 Å². The summed E-state index contributed by atoms with van der Waals surface area (Å²) in [6, 6.07) is 9.78. The highest BCUT2D eigenvalue weighted by atomic mass is 79.9. The molecule has 3 nitrogen and oxygen atoms in total. The summed E-state index contributed by atoms with van der Waals surface area (Å²) in [6.45, 7) is 4.53. The van der Waals surface area contributed by atoms with Crippen molar-refractivity contribution in [2.75, 3.05) is 0 Å². The third-order valence-corrected chi connectivity index (χ3v) is 4.10. The van der Waals surface area contributed by atoms with E-state index in [0.717, 1.165) is 31.2 Å². The molecule has 0 aliphatic rings. The van der Waals surface area contributed by atoms with Gasteiger partial charge in [-0.2, -0.15) is 0 Å². The molecule has 0 fully saturated rings. The van der Waals surface area contributed by atoms with E-state index in [1.807, 2.05) is 30.3 Å². The largest absolute Gasteiger partial charge is 0.271 e. The lowest BCUT2D eigenvalue weighted by atomic mass is 9.97. The van der Waals surface area contributed by atoms with Crippen LogP contribution in [0.15, 0.2) is 30.3 Å². The second-order valence-corrected chi connectivity index (χ2v) is 6.19. The smallest absolute Gasteiger partial charge is 0.260 e. The molecule has 4 heteroatoms. The normalized spacial score (nSPS) is 11.3. The number of nitrogens with one attached hydrogen (secondary N) is 1. The first-order valence-electron chi connectivity index (χ1n) is 6.77. The van der Waals surface area contributed by atoms with E-state index in [-0.39, 0.29) is 5.91 Å². The van der Waals surface area contributed by atoms with Crippen LogP contribution in [0.2, 0.25) is 0 Å². The van der Waals surface area contributed by atoms with Gasteiger partial charge >= 0.3 is 0 Å². The number of rotatable bonds is 8. The lowest BCUT2D eigenvalue weighted by Gasteiger charge is -2.25. The first-order chi connectivity index (χ1) is 9.12. The van der Waals surface area contributed by atoms with Gasteiger partial charge in [0.25, 0.3) is 5.91 Å². The van der Waals surface area contributed by atoms with Crippen LogP contribution < -0.4 is 5.48 Å². The monoisotopic (exact) mass is 327 g/mol. The molecule has 0 atom stereocenters. The minimum atomic E-state index is -0.507. The minimum Gasteiger partial charge on any atom is -0.271 e. The fraction of sp³-hybridized carbons (Fsp3) is 0.533. The van der Waals surface area contributed by atoms with Gasteiger partial charge in [-0.05, 0) is 18.4 Å². The van der Waals surface area contributed by atoms with Gasteiger partial charge < -0.3 is 0 Å². The van der Waals surface area contributed by atoms with Gasteiger partial charge in [-0.1, -0.05) is 73.0 Å². The first-order valence-corrected chi connectivity index (χ1v) is 7.56. The van der Waals surface area contributed by atoms with Gasteiger partial charge in [-0.25, -0.2) is 5.48 Å². The molecule has 19 heavy (non-hydrogen) atoms. The molecule has 1 N–H and O–H groups in total. The number of hydrogen-bond donors (Lipinski definition) is 1. The summed E-state index contributed by atoms with van der Waals surface area (Å²) in [5.74, 6) is -0.0906. The van der Waals surface area contributed by atoms with Crippen molar-refractivity contribution in [1.82, 2.24) is 5.48 Å². The predicted molar refractivity (Wildman–Crippen MR) is 80.8 cm³/mol. The Hall–Kier alpha value is -0.870. The maximum absolute atomic E-state index is 12.2. The zero-order chi connectivity index (χ0) is 14.1. The molecule has 0 saturated carbocycles. The zero-order valence-corrected chi connectivity index (χ0v) is 13.2. The fourth-order valence-corrected chi connectivity index (χ4v) is 2.87. The molecule has 0 saturated heterocycles. The Morgan fingerprint density at radius 2 is 1.79 bits per heavy atom. The maximum Gasteiger partial charge on any atom is 0.260 e. The van der Waals surface area contributed by atoms with E-state index in [2.05, 4.69) is 35.3 Å². The molecule has 0 aliphatic heterocycles. The van der Waals surface area contributed by atoms with Crippen LogP contribution in [0, 0.1) is 0 Å². The molecule has 0 bridgehead atoms. The number of carbonyl (C=O) groups excluding carboxylic acids is 1. The number of amides is 1. The third-order valence-electron chi connectivity index (χ3n) is 2.95. The van der Waals surface area contributed by atoms with Gasteiger partial charge in [0.2, 0.25) is 0 Å². The first kappa shape index (κ1) is 16.2. The number of benzene rings is 1. The third kappa shape index (κ3) is 5.33. The summed E-state index contributed by atoms with van der Waals surface area (Å²) in [6.07, 6.45) is 3.53. The van der Waals surface area contributed by atoms with E-state index in [1.54, 1.807) is 0 Å². The van der Waals surface area contributed by atoms with E-state index in [0.29, 0.717) is 6.61 Å². The molecule has 1 aromatic rings. The highest BCUT2D eigenvalue weighted by Crippen LogP contribution is 2.30. The quantitative estimate of drug-likeness (QED) is 0.579. The van der Waals surface area contributed by atoms with Gasteiger partial charge in [0.05, 0.1) is 6.61 Å². The highest BCUT2D eigenvalue weighted by molar-refractivity contribution is 9.10. The average molecular weight is 328 g/mol. The molecule has 0 unspecified atom stereocenters. The molecule has 0 aliphatic carbocycles. The van der Waals surface area contributed by atoms with Crippen molar-refractivity contribution in [1.29, 1.82) is 0 Å². The molecular weight excluding hydrogens is 306 g/mol. The van der Waals surface area contributed by atoms with Crippen LogP contribution in [0.1, 0.15) is 45.1 Å². The van der Waals surface area contributed by atoms with Crippen LogP contribution in [-0.4, -0.2) is 10.2 Å². The Balaban J connectivity index is 2.44. The van der Waals surface area contributed by atoms with Crippen LogP contribution >= 0.6 is 15.9 Å². The molecule has 1 aromatic carbocycles. The second-order valence-electron chi connectivity index (χ2n) is 4.67. The molecule has 1 rings (SSSR count). The molecule has 0 radical (unpaired) electrons. The van der Waals surface area contributed by atoms with Crippen molar-refractivity contribution in [3.05, 3.63) is 35.9 Å². The fourth-order valence-electron chi connectivity index (χ4n) is 2.00. The van der Waals surface area contributed by atoms with E-state index in [1.165, 1.54) is 0 Å². The van der Waals surface area contributed by atoms with E-state index < -0.39 is 4.32 Å². The van der Waals surface area contributed by atoms with Crippen molar-refractivity contribution in [3.8, 4) is 0 Å². The summed E-state index contributed by atoms with van der Waals surface area (Å²) < 4.78 is -0.507. The highest BCUT2D eigenvalue weighted by Gasteiger charge is 2.33. The van der Waals surface area contributed by atoms with E-state index >= 15 is 0 Å². The molecular formula is C15H22BrNO2. The standard InChI is InChI=1S/C15H22BrNO2/c1-3-10-15(16,11-4-2)14(18)17-19-12-13-8-6-5-7-9-13/h5-9H,3-4,10-12H2,1-2H3,(H,17,18). The summed E-state index contributed by atoms with van der Waals surface area (Å²) in [4.78, 5) is 17.4.